The van der Waals surface area contributed by atoms with Crippen LogP contribution in [0.4, 0.5) is 0 Å². The molecule has 0 spiro atoms. The van der Waals surface area contributed by atoms with Crippen molar-refractivity contribution < 1.29 is 14.0 Å². The van der Waals surface area contributed by atoms with E-state index in [1.807, 2.05) is 12.1 Å². The minimum Gasteiger partial charge on any atom is -0.475 e. The minimum atomic E-state index is 0.213. The van der Waals surface area contributed by atoms with E-state index in [4.69, 9.17) is 14.0 Å². The van der Waals surface area contributed by atoms with Gasteiger partial charge < -0.3 is 14.0 Å². The summed E-state index contributed by atoms with van der Waals surface area (Å²) in [6.45, 7) is 6.44. The van der Waals surface area contributed by atoms with Crippen LogP contribution in [0.1, 0.15) is 38.6 Å². The van der Waals surface area contributed by atoms with E-state index in [0.717, 1.165) is 24.9 Å². The molecule has 0 N–H and O–H groups in total. The first kappa shape index (κ1) is 16.9. The fraction of sp³-hybridized carbons (Fsp3) is 0.588. The first-order valence-electron chi connectivity index (χ1n) is 8.36. The van der Waals surface area contributed by atoms with Gasteiger partial charge in [-0.25, -0.2) is 4.98 Å². The molecular formula is C17H24N4O3. The molecule has 1 atom stereocenters. The quantitative estimate of drug-likeness (QED) is 0.722. The summed E-state index contributed by atoms with van der Waals surface area (Å²) in [5.41, 5.74) is 0.835. The third-order valence-corrected chi connectivity index (χ3v) is 4.21. The van der Waals surface area contributed by atoms with E-state index in [9.17, 15) is 0 Å². The molecule has 1 unspecified atom stereocenters. The highest BCUT2D eigenvalue weighted by Gasteiger charge is 2.32. The molecule has 2 aromatic heterocycles. The van der Waals surface area contributed by atoms with Gasteiger partial charge in [0.1, 0.15) is 6.61 Å². The normalized spacial score (nSPS) is 18.4. The molecule has 1 aliphatic heterocycles. The zero-order chi connectivity index (χ0) is 16.9. The lowest BCUT2D eigenvalue weighted by Crippen LogP contribution is -2.30. The first-order chi connectivity index (χ1) is 11.7. The smallest absolute Gasteiger partial charge is 0.244 e. The number of pyridine rings is 1. The number of ether oxygens (including phenoxy) is 2. The second-order valence-corrected chi connectivity index (χ2v) is 6.17. The van der Waals surface area contributed by atoms with E-state index in [1.165, 1.54) is 0 Å². The van der Waals surface area contributed by atoms with E-state index in [1.54, 1.807) is 13.3 Å². The van der Waals surface area contributed by atoms with E-state index in [0.29, 0.717) is 36.9 Å². The van der Waals surface area contributed by atoms with Crippen LogP contribution in [0.2, 0.25) is 0 Å². The molecule has 0 aromatic carbocycles. The number of aromatic nitrogens is 3. The van der Waals surface area contributed by atoms with Crippen molar-refractivity contribution >= 4 is 0 Å². The van der Waals surface area contributed by atoms with Crippen LogP contribution in [0, 0.1) is 0 Å². The predicted molar refractivity (Wildman–Crippen MR) is 88.7 cm³/mol. The van der Waals surface area contributed by atoms with Crippen molar-refractivity contribution in [3.05, 3.63) is 24.2 Å². The first-order valence-corrected chi connectivity index (χ1v) is 8.36. The second kappa shape index (κ2) is 7.72. The molecule has 0 bridgehead atoms. The fourth-order valence-electron chi connectivity index (χ4n) is 3.02. The molecule has 3 rings (SSSR count). The average molecular weight is 332 g/mol. The van der Waals surface area contributed by atoms with Crippen molar-refractivity contribution in [3.8, 4) is 17.3 Å². The lowest BCUT2D eigenvalue weighted by Gasteiger charge is -2.25. The fourth-order valence-corrected chi connectivity index (χ4v) is 3.02. The maximum absolute atomic E-state index is 5.54. The van der Waals surface area contributed by atoms with Gasteiger partial charge in [0, 0.05) is 31.0 Å². The molecule has 0 saturated carbocycles. The van der Waals surface area contributed by atoms with Crippen molar-refractivity contribution in [2.75, 3.05) is 26.9 Å². The molecule has 0 amide bonds. The molecular weight excluding hydrogens is 308 g/mol. The van der Waals surface area contributed by atoms with Gasteiger partial charge >= 0.3 is 0 Å². The SMILES string of the molecule is COCCOc1cc(-c2noc(C3CCCN3C(C)C)n2)ccn1. The van der Waals surface area contributed by atoms with E-state index in [2.05, 4.69) is 33.9 Å². The van der Waals surface area contributed by atoms with E-state index >= 15 is 0 Å². The van der Waals surface area contributed by atoms with Gasteiger partial charge in [0.2, 0.25) is 17.6 Å². The minimum absolute atomic E-state index is 0.213. The summed E-state index contributed by atoms with van der Waals surface area (Å²) < 4.78 is 16.0. The monoisotopic (exact) mass is 332 g/mol. The topological polar surface area (TPSA) is 73.5 Å². The van der Waals surface area contributed by atoms with E-state index < -0.39 is 0 Å². The Hall–Kier alpha value is -1.99. The average Bonchev–Trinajstić information content (AvgIpc) is 3.24. The molecule has 3 heterocycles. The number of nitrogens with zero attached hydrogens (tertiary/aromatic N) is 4. The molecule has 1 saturated heterocycles. The summed E-state index contributed by atoms with van der Waals surface area (Å²) in [4.78, 5) is 11.2. The summed E-state index contributed by atoms with van der Waals surface area (Å²) in [5, 5.41) is 4.14. The maximum Gasteiger partial charge on any atom is 0.244 e. The Labute approximate surface area is 142 Å². The Morgan fingerprint density at radius 3 is 3.04 bits per heavy atom. The molecule has 7 nitrogen and oxygen atoms in total. The Morgan fingerprint density at radius 2 is 2.25 bits per heavy atom. The van der Waals surface area contributed by atoms with Gasteiger partial charge in [-0.3, -0.25) is 4.90 Å². The molecule has 24 heavy (non-hydrogen) atoms. The van der Waals surface area contributed by atoms with Crippen molar-refractivity contribution in [2.45, 2.75) is 38.8 Å². The lowest BCUT2D eigenvalue weighted by molar-refractivity contribution is 0.144. The highest BCUT2D eigenvalue weighted by atomic mass is 16.5. The Bertz CT molecular complexity index is 659. The number of methoxy groups -OCH3 is 1. The zero-order valence-electron chi connectivity index (χ0n) is 14.4. The molecule has 1 aliphatic rings. The molecule has 2 aromatic rings. The summed E-state index contributed by atoms with van der Waals surface area (Å²) in [6, 6.07) is 4.35. The van der Waals surface area contributed by atoms with Crippen molar-refractivity contribution in [1.29, 1.82) is 0 Å². The predicted octanol–water partition coefficient (Wildman–Crippen LogP) is 2.70. The summed E-state index contributed by atoms with van der Waals surface area (Å²) in [6.07, 6.45) is 3.90. The third kappa shape index (κ3) is 3.73. The van der Waals surface area contributed by atoms with Crippen LogP contribution >= 0.6 is 0 Å². The van der Waals surface area contributed by atoms with Gasteiger partial charge in [0.25, 0.3) is 0 Å². The molecule has 1 fully saturated rings. The van der Waals surface area contributed by atoms with Gasteiger partial charge in [-0.05, 0) is 39.3 Å². The molecule has 0 radical (unpaired) electrons. The Balaban J connectivity index is 1.74. The van der Waals surface area contributed by atoms with Crippen molar-refractivity contribution in [2.24, 2.45) is 0 Å². The van der Waals surface area contributed by atoms with Crippen LogP contribution in [-0.4, -0.2) is 52.9 Å². The molecule has 130 valence electrons. The van der Waals surface area contributed by atoms with Crippen LogP contribution in [0.25, 0.3) is 11.4 Å². The summed E-state index contributed by atoms with van der Waals surface area (Å²) in [5.74, 6) is 1.79. The van der Waals surface area contributed by atoms with E-state index in [-0.39, 0.29) is 6.04 Å². The third-order valence-electron chi connectivity index (χ3n) is 4.21. The maximum atomic E-state index is 5.54. The highest BCUT2D eigenvalue weighted by Crippen LogP contribution is 2.33. The van der Waals surface area contributed by atoms with Crippen LogP contribution in [0.5, 0.6) is 5.88 Å². The van der Waals surface area contributed by atoms with Gasteiger partial charge in [-0.15, -0.1) is 0 Å². The Kier molecular flexibility index (Phi) is 5.42. The van der Waals surface area contributed by atoms with Gasteiger partial charge in [-0.1, -0.05) is 5.16 Å². The highest BCUT2D eigenvalue weighted by molar-refractivity contribution is 5.55. The number of hydrogen-bond donors (Lipinski definition) is 0. The van der Waals surface area contributed by atoms with Crippen LogP contribution < -0.4 is 4.74 Å². The largest absolute Gasteiger partial charge is 0.475 e. The van der Waals surface area contributed by atoms with Gasteiger partial charge in [-0.2, -0.15) is 4.98 Å². The standard InChI is InChI=1S/C17H24N4O3/c1-12(2)21-8-4-5-14(21)17-19-16(20-24-17)13-6-7-18-15(11-13)23-10-9-22-3/h6-7,11-12,14H,4-5,8-10H2,1-3H3. The van der Waals surface area contributed by atoms with Crippen LogP contribution in [0.3, 0.4) is 0 Å². The second-order valence-electron chi connectivity index (χ2n) is 6.17. The molecule has 7 heteroatoms. The summed E-state index contributed by atoms with van der Waals surface area (Å²) in [7, 11) is 1.64. The molecule has 0 aliphatic carbocycles. The van der Waals surface area contributed by atoms with Crippen molar-refractivity contribution in [1.82, 2.24) is 20.0 Å². The van der Waals surface area contributed by atoms with Gasteiger partial charge in [0.05, 0.1) is 12.6 Å². The summed E-state index contributed by atoms with van der Waals surface area (Å²) >= 11 is 0. The van der Waals surface area contributed by atoms with Gasteiger partial charge in [0.15, 0.2) is 0 Å². The number of likely N-dealkylation sites (tertiary alicyclic amines) is 1. The van der Waals surface area contributed by atoms with Crippen molar-refractivity contribution in [3.63, 3.8) is 0 Å². The van der Waals surface area contributed by atoms with Crippen LogP contribution in [-0.2, 0) is 4.74 Å². The lowest BCUT2D eigenvalue weighted by atomic mass is 10.2. The Morgan fingerprint density at radius 1 is 1.38 bits per heavy atom. The number of rotatable bonds is 7. The van der Waals surface area contributed by atoms with Crippen LogP contribution in [0.15, 0.2) is 22.9 Å². The zero-order valence-corrected chi connectivity index (χ0v) is 14.4. The number of hydrogen-bond acceptors (Lipinski definition) is 7.